The number of fused-ring (bicyclic) bond motifs is 1. The van der Waals surface area contributed by atoms with Crippen LogP contribution in [0.5, 0.6) is 0 Å². The van der Waals surface area contributed by atoms with E-state index in [1.165, 1.54) is 16.7 Å². The number of aliphatic hydroxyl groups is 2. The van der Waals surface area contributed by atoms with Gasteiger partial charge < -0.3 is 21.6 Å². The van der Waals surface area contributed by atoms with E-state index in [1.807, 2.05) is 0 Å². The maximum atomic E-state index is 11.9. The number of hydrogen-bond acceptors (Lipinski definition) is 5. The van der Waals surface area contributed by atoms with Crippen LogP contribution in [-0.2, 0) is 9.59 Å². The minimum absolute atomic E-state index is 0. The van der Waals surface area contributed by atoms with Gasteiger partial charge >= 0.3 is 24.8 Å². The van der Waals surface area contributed by atoms with Crippen molar-refractivity contribution in [1.29, 1.82) is 0 Å². The molecule has 2 aliphatic rings. The maximum absolute atomic E-state index is 11.9. The largest absolute Gasteiger partial charge is 1.00 e. The predicted molar refractivity (Wildman–Crippen MR) is 70.3 cm³/mol. The van der Waals surface area contributed by atoms with Crippen LogP contribution < -0.4 is 18.9 Å². The zero-order valence-corrected chi connectivity index (χ0v) is 12.6. The van der Waals surface area contributed by atoms with Gasteiger partial charge in [0.15, 0.2) is 0 Å². The van der Waals surface area contributed by atoms with Crippen LogP contribution in [0.3, 0.4) is 0 Å². The number of aliphatic hydroxyl groups excluding tert-OH is 2. The van der Waals surface area contributed by atoms with Crippen molar-refractivity contribution in [2.75, 3.05) is 5.75 Å². The molecular weight excluding hydrogens is 277 g/mol. The predicted octanol–water partition coefficient (Wildman–Crippen LogP) is -2.88. The molecule has 0 aromatic rings. The zero-order valence-electron chi connectivity index (χ0n) is 12.7. The summed E-state index contributed by atoms with van der Waals surface area (Å²) >= 11 is 1.27. The van der Waals surface area contributed by atoms with E-state index in [0.717, 1.165) is 0 Å². The summed E-state index contributed by atoms with van der Waals surface area (Å²) in [7, 11) is 0. The van der Waals surface area contributed by atoms with Gasteiger partial charge in [0.2, 0.25) is 5.91 Å². The molecule has 2 heterocycles. The van der Waals surface area contributed by atoms with Gasteiger partial charge in [-0.05, 0) is 13.8 Å². The molecule has 6 nitrogen and oxygen atoms in total. The van der Waals surface area contributed by atoms with Crippen molar-refractivity contribution < 1.29 is 45.2 Å². The molecule has 8 heteroatoms. The molecule has 1 amide bonds. The third kappa shape index (κ3) is 2.92. The number of β-lactam (4-membered cyclic amide) rings is 1. The second-order valence-electron chi connectivity index (χ2n) is 4.98. The molecule has 1 saturated heterocycles. The normalized spacial score (nSPS) is 27.6. The molecule has 2 aliphatic heterocycles. The second kappa shape index (κ2) is 6.54. The minimum atomic E-state index is -1.13. The molecule has 1 fully saturated rings. The van der Waals surface area contributed by atoms with Crippen LogP contribution in [0.25, 0.3) is 0 Å². The van der Waals surface area contributed by atoms with Gasteiger partial charge in [-0.25, -0.2) is 4.79 Å². The zero-order chi connectivity index (χ0) is 14.3. The molecule has 0 spiro atoms. The third-order valence-electron chi connectivity index (χ3n) is 3.39. The van der Waals surface area contributed by atoms with Gasteiger partial charge in [0, 0.05) is 17.1 Å². The maximum Gasteiger partial charge on any atom is 1.00 e. The van der Waals surface area contributed by atoms with Crippen molar-refractivity contribution in [3.8, 4) is 0 Å². The number of nitrogens with zero attached hydrogens (tertiary/aromatic N) is 1. The first-order valence-electron chi connectivity index (χ1n) is 6.13. The molecule has 0 aromatic carbocycles. The fourth-order valence-corrected chi connectivity index (χ4v) is 3.63. The summed E-state index contributed by atoms with van der Waals surface area (Å²) in [6, 6.07) is -0.255. The number of carbonyl (C=O) groups is 2. The molecule has 0 bridgehead atoms. The first kappa shape index (κ1) is 17.6. The molecule has 0 radical (unpaired) electrons. The number of carboxylic acid groups (broad SMARTS) is 1. The van der Waals surface area contributed by atoms with Crippen molar-refractivity contribution in [3.63, 3.8) is 0 Å². The summed E-state index contributed by atoms with van der Waals surface area (Å²) in [5, 5.41) is 28.0. The Hall–Kier alpha value is -0.453. The fraction of sp³-hybridized carbons (Fsp3) is 0.667. The SMILES string of the molecule is CC(O)CSC1=C(C(=O)O)N2C(=O)C(C(C)O)C2C1.[H-].[Li+]. The van der Waals surface area contributed by atoms with Crippen molar-refractivity contribution in [1.82, 2.24) is 4.90 Å². The smallest absolute Gasteiger partial charge is 1.00 e. The Morgan fingerprint density at radius 2 is 2.10 bits per heavy atom. The molecule has 0 aliphatic carbocycles. The Kier molecular flexibility index (Phi) is 5.76. The van der Waals surface area contributed by atoms with E-state index in [-0.39, 0.29) is 37.9 Å². The van der Waals surface area contributed by atoms with Crippen molar-refractivity contribution in [2.24, 2.45) is 5.92 Å². The Morgan fingerprint density at radius 3 is 2.55 bits per heavy atom. The van der Waals surface area contributed by atoms with Crippen molar-refractivity contribution in [2.45, 2.75) is 38.5 Å². The number of aliphatic carboxylic acids is 1. The van der Waals surface area contributed by atoms with Gasteiger partial charge in [0.25, 0.3) is 0 Å². The molecule has 4 atom stereocenters. The van der Waals surface area contributed by atoms with Gasteiger partial charge in [0.05, 0.1) is 24.2 Å². The van der Waals surface area contributed by atoms with E-state index >= 15 is 0 Å². The Labute approximate surface area is 134 Å². The minimum Gasteiger partial charge on any atom is -1.00 e. The van der Waals surface area contributed by atoms with E-state index in [9.17, 15) is 24.9 Å². The van der Waals surface area contributed by atoms with Crippen LogP contribution in [0, 0.1) is 5.92 Å². The summed E-state index contributed by atoms with van der Waals surface area (Å²) in [4.78, 5) is 25.0. The summed E-state index contributed by atoms with van der Waals surface area (Å²) < 4.78 is 0. The van der Waals surface area contributed by atoms with Gasteiger partial charge in [-0.3, -0.25) is 4.79 Å². The summed E-state index contributed by atoms with van der Waals surface area (Å²) in [5.74, 6) is -1.59. The van der Waals surface area contributed by atoms with Crippen LogP contribution in [0.15, 0.2) is 10.6 Å². The monoisotopic (exact) mass is 295 g/mol. The van der Waals surface area contributed by atoms with E-state index < -0.39 is 24.1 Å². The van der Waals surface area contributed by atoms with Crippen LogP contribution in [-0.4, -0.2) is 56.1 Å². The quantitative estimate of drug-likeness (QED) is 0.372. The molecule has 3 N–H and O–H groups in total. The number of thioether (sulfide) groups is 1. The standard InChI is InChI=1S/C12H17NO5S.Li.H/c1-5(14)4-19-8-3-7-9(6(2)15)11(16)13(7)10(8)12(17)18;;/h5-7,9,14-15H,3-4H2,1-2H3,(H,17,18);;/q;+1;-1. The Morgan fingerprint density at radius 1 is 1.50 bits per heavy atom. The molecule has 2 rings (SSSR count). The van der Waals surface area contributed by atoms with E-state index in [2.05, 4.69) is 0 Å². The molecular formula is C12H18LiNO5S. The average Bonchev–Trinajstić information content (AvgIpc) is 2.60. The van der Waals surface area contributed by atoms with Crippen LogP contribution >= 0.6 is 11.8 Å². The van der Waals surface area contributed by atoms with Crippen molar-refractivity contribution >= 4 is 23.6 Å². The fourth-order valence-electron chi connectivity index (χ4n) is 2.58. The van der Waals surface area contributed by atoms with E-state index in [0.29, 0.717) is 17.1 Å². The van der Waals surface area contributed by atoms with Gasteiger partial charge in [-0.2, -0.15) is 0 Å². The summed E-state index contributed by atoms with van der Waals surface area (Å²) in [6.07, 6.45) is -0.866. The number of carboxylic acids is 1. The van der Waals surface area contributed by atoms with Crippen LogP contribution in [0.1, 0.15) is 21.7 Å². The van der Waals surface area contributed by atoms with E-state index in [1.54, 1.807) is 13.8 Å². The second-order valence-corrected chi connectivity index (χ2v) is 6.10. The number of hydrogen-bond donors (Lipinski definition) is 3. The molecule has 4 unspecified atom stereocenters. The molecule has 0 aromatic heterocycles. The van der Waals surface area contributed by atoms with Crippen molar-refractivity contribution in [3.05, 3.63) is 10.6 Å². The topological polar surface area (TPSA) is 98.1 Å². The molecule has 0 saturated carbocycles. The van der Waals surface area contributed by atoms with Gasteiger partial charge in [-0.1, -0.05) is 0 Å². The Balaban J connectivity index is 0.00000200. The number of rotatable bonds is 5. The first-order valence-corrected chi connectivity index (χ1v) is 7.11. The molecule has 108 valence electrons. The van der Waals surface area contributed by atoms with Gasteiger partial charge in [-0.15, -0.1) is 11.8 Å². The van der Waals surface area contributed by atoms with E-state index in [4.69, 9.17) is 0 Å². The van der Waals surface area contributed by atoms with Crippen LogP contribution in [0.2, 0.25) is 0 Å². The summed E-state index contributed by atoms with van der Waals surface area (Å²) in [6.45, 7) is 3.17. The Bertz CT molecular complexity index is 457. The first-order chi connectivity index (χ1) is 8.84. The third-order valence-corrected chi connectivity index (χ3v) is 4.75. The average molecular weight is 295 g/mol. The number of amides is 1. The van der Waals surface area contributed by atoms with Gasteiger partial charge in [0.1, 0.15) is 5.70 Å². The van der Waals surface area contributed by atoms with Crippen LogP contribution in [0.4, 0.5) is 0 Å². The summed E-state index contributed by atoms with van der Waals surface area (Å²) in [5.41, 5.74) is 0.0116. The molecule has 20 heavy (non-hydrogen) atoms. The number of carbonyl (C=O) groups excluding carboxylic acids is 1.